The third-order valence-electron chi connectivity index (χ3n) is 6.24. The summed E-state index contributed by atoms with van der Waals surface area (Å²) >= 11 is 7.85. The molecule has 1 aliphatic rings. The van der Waals surface area contributed by atoms with E-state index in [1.807, 2.05) is 54.6 Å². The van der Waals surface area contributed by atoms with Crippen molar-refractivity contribution < 1.29 is 18.7 Å². The number of aryl methyl sites for hydroxylation is 1. The van der Waals surface area contributed by atoms with Crippen LogP contribution >= 0.6 is 22.9 Å². The molecule has 0 saturated heterocycles. The van der Waals surface area contributed by atoms with Gasteiger partial charge >= 0.3 is 0 Å². The van der Waals surface area contributed by atoms with Gasteiger partial charge in [-0.3, -0.25) is 4.79 Å². The maximum atomic E-state index is 13.2. The molecule has 0 unspecified atom stereocenters. The molecule has 0 aliphatic heterocycles. The number of methoxy groups -OCH3 is 1. The molecule has 6 nitrogen and oxygen atoms in total. The Morgan fingerprint density at radius 3 is 2.81 bits per heavy atom. The number of carbonyl (C=O) groups is 1. The average Bonchev–Trinajstić information content (AvgIpc) is 3.58. The van der Waals surface area contributed by atoms with E-state index in [9.17, 15) is 4.79 Å². The van der Waals surface area contributed by atoms with Crippen molar-refractivity contribution in [2.24, 2.45) is 4.99 Å². The number of thiophene rings is 1. The number of carbonyl (C=O) groups excluding carboxylic acids is 1. The van der Waals surface area contributed by atoms with E-state index in [1.165, 1.54) is 4.88 Å². The van der Waals surface area contributed by atoms with Gasteiger partial charge in [0.15, 0.2) is 11.5 Å². The minimum atomic E-state index is -0.121. The van der Waals surface area contributed by atoms with Gasteiger partial charge in [0.25, 0.3) is 5.91 Å². The zero-order valence-electron chi connectivity index (χ0n) is 20.5. The molecule has 4 aromatic rings. The number of hydrogen-bond acceptors (Lipinski definition) is 6. The number of amides is 1. The summed E-state index contributed by atoms with van der Waals surface area (Å²) in [7, 11) is 1.60. The van der Waals surface area contributed by atoms with Gasteiger partial charge in [0.05, 0.1) is 25.5 Å². The summed E-state index contributed by atoms with van der Waals surface area (Å²) in [6.45, 7) is 0.674. The van der Waals surface area contributed by atoms with Crippen molar-refractivity contribution >= 4 is 40.1 Å². The fourth-order valence-electron chi connectivity index (χ4n) is 4.33. The van der Waals surface area contributed by atoms with Crippen LogP contribution in [0.15, 0.2) is 70.3 Å². The van der Waals surface area contributed by atoms with Crippen LogP contribution in [0, 0.1) is 0 Å². The van der Waals surface area contributed by atoms with Gasteiger partial charge in [-0.15, -0.1) is 11.3 Å². The monoisotopic (exact) mass is 534 g/mol. The molecule has 2 aromatic heterocycles. The fourth-order valence-corrected chi connectivity index (χ4v) is 5.75. The van der Waals surface area contributed by atoms with Gasteiger partial charge in [0, 0.05) is 21.7 Å². The molecular weight excluding hydrogens is 508 g/mol. The van der Waals surface area contributed by atoms with Gasteiger partial charge in [-0.25, -0.2) is 4.99 Å². The number of nitrogens with one attached hydrogen (secondary N) is 1. The molecule has 0 fully saturated rings. The Morgan fingerprint density at radius 1 is 1.14 bits per heavy atom. The van der Waals surface area contributed by atoms with E-state index in [2.05, 4.69) is 5.32 Å². The second-order valence-corrected chi connectivity index (χ2v) is 10.2. The lowest BCUT2D eigenvalue weighted by Crippen LogP contribution is -2.23. The predicted octanol–water partition coefficient (Wildman–Crippen LogP) is 7.14. The molecule has 37 heavy (non-hydrogen) atoms. The topological polar surface area (TPSA) is 73.1 Å². The Bertz CT molecular complexity index is 1410. The van der Waals surface area contributed by atoms with Crippen molar-refractivity contribution in [3.8, 4) is 11.5 Å². The van der Waals surface area contributed by atoms with Crippen molar-refractivity contribution in [2.75, 3.05) is 7.11 Å². The highest BCUT2D eigenvalue weighted by atomic mass is 35.5. The number of aliphatic imine (C=N–C) groups is 1. The van der Waals surface area contributed by atoms with Crippen LogP contribution < -0.4 is 14.8 Å². The van der Waals surface area contributed by atoms with Crippen LogP contribution in [0.5, 0.6) is 11.5 Å². The summed E-state index contributed by atoms with van der Waals surface area (Å²) < 4.78 is 16.9. The second kappa shape index (κ2) is 11.7. The van der Waals surface area contributed by atoms with Gasteiger partial charge < -0.3 is 19.2 Å². The molecule has 1 N–H and O–H groups in total. The van der Waals surface area contributed by atoms with E-state index in [0.29, 0.717) is 41.0 Å². The summed E-state index contributed by atoms with van der Waals surface area (Å²) in [5.41, 5.74) is 3.54. The molecule has 8 heteroatoms. The molecule has 0 spiro atoms. The molecule has 2 heterocycles. The summed E-state index contributed by atoms with van der Waals surface area (Å²) in [6, 6.07) is 16.9. The van der Waals surface area contributed by atoms with E-state index in [1.54, 1.807) is 30.9 Å². The smallest absolute Gasteiger partial charge is 0.255 e. The van der Waals surface area contributed by atoms with Gasteiger partial charge in [0.1, 0.15) is 17.4 Å². The van der Waals surface area contributed by atoms with Gasteiger partial charge in [-0.1, -0.05) is 29.8 Å². The lowest BCUT2D eigenvalue weighted by atomic mass is 9.95. The van der Waals surface area contributed by atoms with Crippen molar-refractivity contribution in [2.45, 2.75) is 38.8 Å². The largest absolute Gasteiger partial charge is 0.493 e. The molecule has 0 radical (unpaired) electrons. The molecule has 190 valence electrons. The van der Waals surface area contributed by atoms with Gasteiger partial charge in [-0.05, 0) is 73.2 Å². The van der Waals surface area contributed by atoms with E-state index < -0.39 is 0 Å². The third-order valence-corrected chi connectivity index (χ3v) is 7.81. The highest BCUT2D eigenvalue weighted by molar-refractivity contribution is 7.16. The number of fused-ring (bicyclic) bond motifs is 1. The van der Waals surface area contributed by atoms with Crippen LogP contribution in [-0.4, -0.2) is 19.2 Å². The number of halogens is 1. The first kappa shape index (κ1) is 25.1. The Hall–Kier alpha value is -3.55. The highest BCUT2D eigenvalue weighted by Gasteiger charge is 2.25. The first-order valence-electron chi connectivity index (χ1n) is 12.2. The predicted molar refractivity (Wildman–Crippen MR) is 147 cm³/mol. The van der Waals surface area contributed by atoms with Crippen LogP contribution in [0.25, 0.3) is 0 Å². The quantitative estimate of drug-likeness (QED) is 0.232. The summed E-state index contributed by atoms with van der Waals surface area (Å²) in [5, 5.41) is 4.37. The van der Waals surface area contributed by atoms with Crippen LogP contribution in [0.4, 0.5) is 5.00 Å². The third kappa shape index (κ3) is 5.89. The molecule has 1 amide bonds. The molecule has 0 atom stereocenters. The summed E-state index contributed by atoms with van der Waals surface area (Å²) in [5.74, 6) is 1.80. The molecule has 0 saturated carbocycles. The van der Waals surface area contributed by atoms with Crippen LogP contribution in [0.3, 0.4) is 0 Å². The Kier molecular flexibility index (Phi) is 7.92. The van der Waals surface area contributed by atoms with Crippen LogP contribution in [-0.2, 0) is 26.0 Å². The van der Waals surface area contributed by atoms with Crippen molar-refractivity contribution in [1.29, 1.82) is 0 Å². The van der Waals surface area contributed by atoms with Crippen molar-refractivity contribution in [1.82, 2.24) is 5.32 Å². The standard InChI is InChI=1S/C29H27ClN2O4S/c1-34-25-15-19(12-13-24(25)36-18-20-7-2-4-10-23(20)30)16-32-29-27(22-9-3-5-11-26(22)37-29)28(33)31-17-21-8-6-14-35-21/h2,4,6-8,10,12-16H,3,5,9,11,17-18H2,1H3,(H,31,33). The van der Waals surface area contributed by atoms with Gasteiger partial charge in [0.2, 0.25) is 0 Å². The van der Waals surface area contributed by atoms with Gasteiger partial charge in [-0.2, -0.15) is 0 Å². The average molecular weight is 535 g/mol. The van der Waals surface area contributed by atoms with Crippen molar-refractivity contribution in [3.63, 3.8) is 0 Å². The van der Waals surface area contributed by atoms with Crippen molar-refractivity contribution in [3.05, 3.63) is 98.8 Å². The molecule has 2 aromatic carbocycles. The first-order chi connectivity index (χ1) is 18.1. The number of benzene rings is 2. The van der Waals surface area contributed by atoms with Crippen LogP contribution in [0.2, 0.25) is 5.02 Å². The summed E-state index contributed by atoms with van der Waals surface area (Å²) in [4.78, 5) is 19.2. The number of ether oxygens (including phenoxy) is 2. The van der Waals surface area contributed by atoms with E-state index >= 15 is 0 Å². The zero-order chi connectivity index (χ0) is 25.6. The maximum Gasteiger partial charge on any atom is 0.255 e. The number of hydrogen-bond donors (Lipinski definition) is 1. The second-order valence-electron chi connectivity index (χ2n) is 8.70. The SMILES string of the molecule is COc1cc(C=Nc2sc3c(c2C(=O)NCc2ccco2)CCCC3)ccc1OCc1ccccc1Cl. The van der Waals surface area contributed by atoms with E-state index in [-0.39, 0.29) is 5.91 Å². The van der Waals surface area contributed by atoms with E-state index in [4.69, 9.17) is 30.5 Å². The Morgan fingerprint density at radius 2 is 2.00 bits per heavy atom. The lowest BCUT2D eigenvalue weighted by molar-refractivity contribution is 0.0948. The minimum Gasteiger partial charge on any atom is -0.493 e. The number of nitrogens with zero attached hydrogens (tertiary/aromatic N) is 1. The normalized spacial score (nSPS) is 12.9. The molecule has 5 rings (SSSR count). The van der Waals surface area contributed by atoms with Crippen LogP contribution in [0.1, 0.15) is 50.5 Å². The highest BCUT2D eigenvalue weighted by Crippen LogP contribution is 2.40. The summed E-state index contributed by atoms with van der Waals surface area (Å²) in [6.07, 6.45) is 7.47. The molecule has 0 bridgehead atoms. The first-order valence-corrected chi connectivity index (χ1v) is 13.3. The zero-order valence-corrected chi connectivity index (χ0v) is 22.0. The molecule has 1 aliphatic carbocycles. The lowest BCUT2D eigenvalue weighted by Gasteiger charge is -2.12. The van der Waals surface area contributed by atoms with E-state index in [0.717, 1.165) is 47.4 Å². The fraction of sp³-hybridized carbons (Fsp3) is 0.241. The minimum absolute atomic E-state index is 0.121. The molecular formula is C29H27ClN2O4S. The maximum absolute atomic E-state index is 13.2. The number of rotatable bonds is 9. The Labute approximate surface area is 224 Å². The number of furan rings is 1. The Balaban J connectivity index is 1.35.